The van der Waals surface area contributed by atoms with Gasteiger partial charge in [0.15, 0.2) is 0 Å². The van der Waals surface area contributed by atoms with Crippen molar-refractivity contribution in [3.8, 4) is 0 Å². The highest BCUT2D eigenvalue weighted by atomic mass is 32.2. The molecule has 0 radical (unpaired) electrons. The number of aromatic nitrogens is 1. The van der Waals surface area contributed by atoms with E-state index in [1.807, 2.05) is 30.5 Å². The van der Waals surface area contributed by atoms with Crippen LogP contribution in [-0.4, -0.2) is 23.2 Å². The second kappa shape index (κ2) is 7.38. The number of aryl methyl sites for hydroxylation is 1. The van der Waals surface area contributed by atoms with Crippen molar-refractivity contribution >= 4 is 28.6 Å². The SMILES string of the molecule is Cc1ccccc1SCC(=O)NCCc1c[nH]c2ccccc12. The van der Waals surface area contributed by atoms with E-state index in [4.69, 9.17) is 0 Å². The van der Waals surface area contributed by atoms with Gasteiger partial charge in [-0.1, -0.05) is 36.4 Å². The Morgan fingerprint density at radius 2 is 1.91 bits per heavy atom. The number of para-hydroxylation sites is 1. The second-order valence-electron chi connectivity index (χ2n) is 5.51. The van der Waals surface area contributed by atoms with E-state index in [9.17, 15) is 4.79 Å². The predicted octanol–water partition coefficient (Wildman–Crippen LogP) is 3.93. The first-order chi connectivity index (χ1) is 11.2. The third kappa shape index (κ3) is 3.96. The standard InChI is InChI=1S/C19H20N2OS/c1-14-6-2-5-9-18(14)23-13-19(22)20-11-10-15-12-21-17-8-4-3-7-16(15)17/h2-9,12,21H,10-11,13H2,1H3,(H,20,22). The van der Waals surface area contributed by atoms with Crippen LogP contribution < -0.4 is 5.32 Å². The first kappa shape index (κ1) is 15.7. The zero-order valence-electron chi connectivity index (χ0n) is 13.1. The number of nitrogens with one attached hydrogen (secondary N) is 2. The van der Waals surface area contributed by atoms with Crippen LogP contribution in [0.1, 0.15) is 11.1 Å². The Morgan fingerprint density at radius 3 is 2.78 bits per heavy atom. The zero-order valence-corrected chi connectivity index (χ0v) is 14.0. The van der Waals surface area contributed by atoms with Crippen molar-refractivity contribution in [2.45, 2.75) is 18.2 Å². The quantitative estimate of drug-likeness (QED) is 0.675. The van der Waals surface area contributed by atoms with Crippen molar-refractivity contribution in [3.05, 3.63) is 65.9 Å². The number of hydrogen-bond acceptors (Lipinski definition) is 2. The van der Waals surface area contributed by atoms with Crippen LogP contribution in [0.15, 0.2) is 59.6 Å². The number of aromatic amines is 1. The summed E-state index contributed by atoms with van der Waals surface area (Å²) in [7, 11) is 0. The Labute approximate surface area is 140 Å². The number of benzene rings is 2. The van der Waals surface area contributed by atoms with Gasteiger partial charge in [-0.3, -0.25) is 4.79 Å². The van der Waals surface area contributed by atoms with Crippen LogP contribution in [0.3, 0.4) is 0 Å². The summed E-state index contributed by atoms with van der Waals surface area (Å²) in [4.78, 5) is 16.4. The Bertz CT molecular complexity index is 810. The highest BCUT2D eigenvalue weighted by molar-refractivity contribution is 8.00. The van der Waals surface area contributed by atoms with Crippen LogP contribution in [0.25, 0.3) is 10.9 Å². The molecule has 118 valence electrons. The van der Waals surface area contributed by atoms with E-state index in [1.165, 1.54) is 21.4 Å². The number of H-pyrrole nitrogens is 1. The third-order valence-electron chi connectivity index (χ3n) is 3.84. The smallest absolute Gasteiger partial charge is 0.230 e. The second-order valence-corrected chi connectivity index (χ2v) is 6.53. The highest BCUT2D eigenvalue weighted by Gasteiger charge is 2.06. The summed E-state index contributed by atoms with van der Waals surface area (Å²) in [6.07, 6.45) is 2.86. The van der Waals surface area contributed by atoms with Gasteiger partial charge < -0.3 is 10.3 Å². The van der Waals surface area contributed by atoms with Gasteiger partial charge in [-0.05, 0) is 36.6 Å². The summed E-state index contributed by atoms with van der Waals surface area (Å²) in [6.45, 7) is 2.73. The van der Waals surface area contributed by atoms with Crippen molar-refractivity contribution in [1.82, 2.24) is 10.3 Å². The number of thioether (sulfide) groups is 1. The fourth-order valence-corrected chi connectivity index (χ4v) is 3.45. The average molecular weight is 324 g/mol. The minimum atomic E-state index is 0.0816. The fourth-order valence-electron chi connectivity index (χ4n) is 2.59. The molecule has 0 atom stereocenters. The van der Waals surface area contributed by atoms with Gasteiger partial charge in [0, 0.05) is 28.5 Å². The van der Waals surface area contributed by atoms with Gasteiger partial charge in [0.1, 0.15) is 0 Å². The van der Waals surface area contributed by atoms with E-state index in [0.29, 0.717) is 12.3 Å². The van der Waals surface area contributed by atoms with Gasteiger partial charge in [-0.2, -0.15) is 0 Å². The Morgan fingerprint density at radius 1 is 1.13 bits per heavy atom. The summed E-state index contributed by atoms with van der Waals surface area (Å²) in [6, 6.07) is 16.4. The maximum Gasteiger partial charge on any atom is 0.230 e. The van der Waals surface area contributed by atoms with E-state index < -0.39 is 0 Å². The Hall–Kier alpha value is -2.20. The van der Waals surface area contributed by atoms with Gasteiger partial charge in [0.2, 0.25) is 5.91 Å². The maximum atomic E-state index is 12.0. The van der Waals surface area contributed by atoms with Crippen molar-refractivity contribution in [3.63, 3.8) is 0 Å². The minimum absolute atomic E-state index is 0.0816. The molecule has 3 aromatic rings. The number of carbonyl (C=O) groups excluding carboxylic acids is 1. The van der Waals surface area contributed by atoms with E-state index >= 15 is 0 Å². The van der Waals surface area contributed by atoms with E-state index in [1.54, 1.807) is 11.8 Å². The summed E-state index contributed by atoms with van der Waals surface area (Å²) in [5.41, 5.74) is 3.60. The molecule has 0 saturated heterocycles. The largest absolute Gasteiger partial charge is 0.361 e. The normalized spacial score (nSPS) is 10.8. The van der Waals surface area contributed by atoms with Gasteiger partial charge in [-0.15, -0.1) is 11.8 Å². The lowest BCUT2D eigenvalue weighted by Gasteiger charge is -2.06. The van der Waals surface area contributed by atoms with E-state index in [0.717, 1.165) is 11.9 Å². The summed E-state index contributed by atoms with van der Waals surface area (Å²) < 4.78 is 0. The molecule has 0 unspecified atom stereocenters. The molecule has 2 aromatic carbocycles. The first-order valence-electron chi connectivity index (χ1n) is 7.74. The molecule has 3 rings (SSSR count). The molecule has 3 nitrogen and oxygen atoms in total. The molecule has 0 fully saturated rings. The zero-order chi connectivity index (χ0) is 16.1. The molecule has 0 saturated carbocycles. The molecule has 1 amide bonds. The highest BCUT2D eigenvalue weighted by Crippen LogP contribution is 2.21. The van der Waals surface area contributed by atoms with Crippen LogP contribution in [0.4, 0.5) is 0 Å². The van der Waals surface area contributed by atoms with Gasteiger partial charge in [0.05, 0.1) is 5.75 Å². The molecule has 0 bridgehead atoms. The Kier molecular flexibility index (Phi) is 5.03. The molecular weight excluding hydrogens is 304 g/mol. The number of fused-ring (bicyclic) bond motifs is 1. The van der Waals surface area contributed by atoms with Gasteiger partial charge in [0.25, 0.3) is 0 Å². The van der Waals surface area contributed by atoms with E-state index in [-0.39, 0.29) is 5.91 Å². The molecule has 0 aliphatic rings. The lowest BCUT2D eigenvalue weighted by molar-refractivity contribution is -0.118. The summed E-state index contributed by atoms with van der Waals surface area (Å²) in [5, 5.41) is 4.23. The molecule has 4 heteroatoms. The number of rotatable bonds is 6. The van der Waals surface area contributed by atoms with Crippen molar-refractivity contribution in [2.24, 2.45) is 0 Å². The van der Waals surface area contributed by atoms with Crippen LogP contribution in [-0.2, 0) is 11.2 Å². The fraction of sp³-hybridized carbons (Fsp3) is 0.211. The van der Waals surface area contributed by atoms with E-state index in [2.05, 4.69) is 41.5 Å². The first-order valence-corrected chi connectivity index (χ1v) is 8.73. The van der Waals surface area contributed by atoms with Crippen molar-refractivity contribution in [2.75, 3.05) is 12.3 Å². The average Bonchev–Trinajstić information content (AvgIpc) is 2.98. The van der Waals surface area contributed by atoms with Gasteiger partial charge >= 0.3 is 0 Å². The number of hydrogen-bond donors (Lipinski definition) is 2. The number of carbonyl (C=O) groups is 1. The molecule has 23 heavy (non-hydrogen) atoms. The van der Waals surface area contributed by atoms with Crippen LogP contribution in [0.5, 0.6) is 0 Å². The van der Waals surface area contributed by atoms with Crippen LogP contribution in [0, 0.1) is 6.92 Å². The summed E-state index contributed by atoms with van der Waals surface area (Å²) >= 11 is 1.59. The van der Waals surface area contributed by atoms with Crippen LogP contribution >= 0.6 is 11.8 Å². The van der Waals surface area contributed by atoms with Crippen molar-refractivity contribution in [1.29, 1.82) is 0 Å². The third-order valence-corrected chi connectivity index (χ3v) is 5.02. The minimum Gasteiger partial charge on any atom is -0.361 e. The molecule has 0 spiro atoms. The van der Waals surface area contributed by atoms with Gasteiger partial charge in [-0.25, -0.2) is 0 Å². The topological polar surface area (TPSA) is 44.9 Å². The lowest BCUT2D eigenvalue weighted by atomic mass is 10.1. The Balaban J connectivity index is 1.47. The monoisotopic (exact) mass is 324 g/mol. The molecule has 1 heterocycles. The molecule has 0 aliphatic carbocycles. The molecular formula is C19H20N2OS. The number of amides is 1. The van der Waals surface area contributed by atoms with Crippen molar-refractivity contribution < 1.29 is 4.79 Å². The van der Waals surface area contributed by atoms with Crippen LogP contribution in [0.2, 0.25) is 0 Å². The molecule has 2 N–H and O–H groups in total. The molecule has 0 aliphatic heterocycles. The molecule has 1 aromatic heterocycles. The maximum absolute atomic E-state index is 12.0. The lowest BCUT2D eigenvalue weighted by Crippen LogP contribution is -2.27. The predicted molar refractivity (Wildman–Crippen MR) is 96.9 cm³/mol. The summed E-state index contributed by atoms with van der Waals surface area (Å²) in [5.74, 6) is 0.539.